The number of nitrogens with two attached hydrogens (primary N) is 1. The van der Waals surface area contributed by atoms with Crippen LogP contribution in [0.1, 0.15) is 11.6 Å². The molecule has 1 heterocycles. The molecule has 3 nitrogen and oxygen atoms in total. The van der Waals surface area contributed by atoms with Gasteiger partial charge >= 0.3 is 0 Å². The Bertz CT molecular complexity index is 572. The monoisotopic (exact) mass is 252 g/mol. The third-order valence-electron chi connectivity index (χ3n) is 3.85. The lowest BCUT2D eigenvalue weighted by atomic mass is 9.94. The number of benzene rings is 2. The topological polar surface area (TPSA) is 46.3 Å². The standard InChI is InChI=1S/C16H16N2O/c1-18-14-9-5-4-7-12(14)11-6-2-3-8-13(11)16(17)15(18)10-19/h2-10,15-16H,17H2,1H3. The average molecular weight is 252 g/mol. The summed E-state index contributed by atoms with van der Waals surface area (Å²) in [5.41, 5.74) is 10.6. The largest absolute Gasteiger partial charge is 0.362 e. The number of rotatable bonds is 1. The summed E-state index contributed by atoms with van der Waals surface area (Å²) in [5, 5.41) is 0. The van der Waals surface area contributed by atoms with E-state index in [1.165, 1.54) is 0 Å². The molecule has 0 saturated carbocycles. The van der Waals surface area contributed by atoms with Crippen molar-refractivity contribution in [3.8, 4) is 11.1 Å². The van der Waals surface area contributed by atoms with Gasteiger partial charge in [-0.2, -0.15) is 0 Å². The summed E-state index contributed by atoms with van der Waals surface area (Å²) in [6, 6.07) is 15.5. The molecule has 0 amide bonds. The number of para-hydroxylation sites is 1. The van der Waals surface area contributed by atoms with E-state index in [4.69, 9.17) is 5.73 Å². The van der Waals surface area contributed by atoms with Gasteiger partial charge in [-0.3, -0.25) is 0 Å². The molecule has 0 radical (unpaired) electrons. The first kappa shape index (κ1) is 11.9. The van der Waals surface area contributed by atoms with E-state index in [-0.39, 0.29) is 12.1 Å². The van der Waals surface area contributed by atoms with Crippen LogP contribution >= 0.6 is 0 Å². The highest BCUT2D eigenvalue weighted by Crippen LogP contribution is 2.40. The summed E-state index contributed by atoms with van der Waals surface area (Å²) in [7, 11) is 1.92. The van der Waals surface area contributed by atoms with Crippen LogP contribution in [0.5, 0.6) is 0 Å². The second-order valence-corrected chi connectivity index (χ2v) is 4.87. The third-order valence-corrected chi connectivity index (χ3v) is 3.85. The highest BCUT2D eigenvalue weighted by atomic mass is 16.1. The molecule has 3 heteroatoms. The lowest BCUT2D eigenvalue weighted by Gasteiger charge is -2.28. The maximum absolute atomic E-state index is 11.4. The van der Waals surface area contributed by atoms with Gasteiger partial charge in [0.15, 0.2) is 0 Å². The minimum absolute atomic E-state index is 0.314. The van der Waals surface area contributed by atoms with E-state index in [0.717, 1.165) is 28.7 Å². The van der Waals surface area contributed by atoms with Crippen molar-refractivity contribution in [2.24, 2.45) is 5.73 Å². The van der Waals surface area contributed by atoms with E-state index < -0.39 is 0 Å². The van der Waals surface area contributed by atoms with Gasteiger partial charge in [0.1, 0.15) is 12.3 Å². The Kier molecular flexibility index (Phi) is 2.84. The van der Waals surface area contributed by atoms with Crippen molar-refractivity contribution in [3.05, 3.63) is 54.1 Å². The second kappa shape index (κ2) is 4.52. The fourth-order valence-electron chi connectivity index (χ4n) is 2.80. The summed E-state index contributed by atoms with van der Waals surface area (Å²) >= 11 is 0. The molecule has 2 atom stereocenters. The molecule has 2 aromatic carbocycles. The van der Waals surface area contributed by atoms with Crippen LogP contribution in [0.4, 0.5) is 5.69 Å². The normalized spacial score (nSPS) is 21.3. The molecule has 1 aliphatic rings. The van der Waals surface area contributed by atoms with Crippen LogP contribution < -0.4 is 10.6 Å². The molecular weight excluding hydrogens is 236 g/mol. The van der Waals surface area contributed by atoms with Crippen LogP contribution in [0.15, 0.2) is 48.5 Å². The molecule has 0 spiro atoms. The Morgan fingerprint density at radius 3 is 2.42 bits per heavy atom. The average Bonchev–Trinajstić information content (AvgIpc) is 2.55. The van der Waals surface area contributed by atoms with Crippen molar-refractivity contribution in [2.45, 2.75) is 12.1 Å². The van der Waals surface area contributed by atoms with Crippen LogP contribution in [0, 0.1) is 0 Å². The Labute approximate surface area is 112 Å². The van der Waals surface area contributed by atoms with E-state index in [1.54, 1.807) is 0 Å². The Hall–Kier alpha value is -2.13. The molecule has 0 aromatic heterocycles. The summed E-state index contributed by atoms with van der Waals surface area (Å²) < 4.78 is 0. The van der Waals surface area contributed by atoms with Gasteiger partial charge < -0.3 is 15.4 Å². The van der Waals surface area contributed by atoms with Gasteiger partial charge in [-0.25, -0.2) is 0 Å². The number of nitrogens with zero attached hydrogens (tertiary/aromatic N) is 1. The first-order valence-corrected chi connectivity index (χ1v) is 6.36. The number of fused-ring (bicyclic) bond motifs is 3. The number of aldehydes is 1. The van der Waals surface area contributed by atoms with E-state index in [1.807, 2.05) is 48.3 Å². The zero-order chi connectivity index (χ0) is 13.4. The predicted octanol–water partition coefficient (Wildman–Crippen LogP) is 2.37. The molecule has 0 fully saturated rings. The van der Waals surface area contributed by atoms with Crippen LogP contribution in [0.25, 0.3) is 11.1 Å². The highest BCUT2D eigenvalue weighted by Gasteiger charge is 2.30. The number of anilines is 1. The summed E-state index contributed by atoms with van der Waals surface area (Å²) in [4.78, 5) is 13.4. The molecule has 96 valence electrons. The number of hydrogen-bond acceptors (Lipinski definition) is 3. The van der Waals surface area contributed by atoms with Crippen molar-refractivity contribution in [3.63, 3.8) is 0 Å². The third kappa shape index (κ3) is 1.74. The van der Waals surface area contributed by atoms with E-state index >= 15 is 0 Å². The van der Waals surface area contributed by atoms with Crippen LogP contribution in [0.3, 0.4) is 0 Å². The van der Waals surface area contributed by atoms with Gasteiger partial charge in [-0.15, -0.1) is 0 Å². The fourth-order valence-corrected chi connectivity index (χ4v) is 2.80. The molecule has 1 aliphatic heterocycles. The van der Waals surface area contributed by atoms with E-state index in [9.17, 15) is 4.79 Å². The van der Waals surface area contributed by atoms with Crippen molar-refractivity contribution < 1.29 is 4.79 Å². The maximum Gasteiger partial charge on any atom is 0.144 e. The molecule has 2 N–H and O–H groups in total. The van der Waals surface area contributed by atoms with Gasteiger partial charge in [0, 0.05) is 18.3 Å². The molecule has 0 bridgehead atoms. The molecule has 2 aromatic rings. The summed E-state index contributed by atoms with van der Waals surface area (Å²) in [6.45, 7) is 0. The lowest BCUT2D eigenvalue weighted by molar-refractivity contribution is -0.109. The number of carbonyl (C=O) groups excluding carboxylic acids is 1. The minimum Gasteiger partial charge on any atom is -0.362 e. The maximum atomic E-state index is 11.4. The zero-order valence-electron chi connectivity index (χ0n) is 10.8. The van der Waals surface area contributed by atoms with Crippen LogP contribution in [-0.2, 0) is 4.79 Å². The van der Waals surface area contributed by atoms with E-state index in [0.29, 0.717) is 0 Å². The van der Waals surface area contributed by atoms with Crippen molar-refractivity contribution in [1.29, 1.82) is 0 Å². The van der Waals surface area contributed by atoms with Crippen molar-refractivity contribution >= 4 is 12.0 Å². The molecule has 0 saturated heterocycles. The van der Waals surface area contributed by atoms with Crippen LogP contribution in [0.2, 0.25) is 0 Å². The van der Waals surface area contributed by atoms with Crippen molar-refractivity contribution in [2.75, 3.05) is 11.9 Å². The summed E-state index contributed by atoms with van der Waals surface area (Å²) in [5.74, 6) is 0. The Morgan fingerprint density at radius 2 is 1.68 bits per heavy atom. The van der Waals surface area contributed by atoms with Gasteiger partial charge in [0.25, 0.3) is 0 Å². The Morgan fingerprint density at radius 1 is 1.05 bits per heavy atom. The molecular formula is C16H16N2O. The summed E-state index contributed by atoms with van der Waals surface area (Å²) in [6.07, 6.45) is 0.934. The first-order valence-electron chi connectivity index (χ1n) is 6.36. The van der Waals surface area contributed by atoms with Crippen LogP contribution in [-0.4, -0.2) is 19.4 Å². The number of likely N-dealkylation sites (N-methyl/N-ethyl adjacent to an activating group) is 1. The zero-order valence-corrected chi connectivity index (χ0v) is 10.8. The number of carbonyl (C=O) groups is 1. The van der Waals surface area contributed by atoms with E-state index in [2.05, 4.69) is 12.1 Å². The fraction of sp³-hybridized carbons (Fsp3) is 0.188. The second-order valence-electron chi connectivity index (χ2n) is 4.87. The van der Waals surface area contributed by atoms with Gasteiger partial charge in [-0.05, 0) is 17.2 Å². The lowest BCUT2D eigenvalue weighted by Crippen LogP contribution is -2.41. The predicted molar refractivity (Wildman–Crippen MR) is 77.1 cm³/mol. The minimum atomic E-state index is -0.343. The van der Waals surface area contributed by atoms with Gasteiger partial charge in [-0.1, -0.05) is 42.5 Å². The quantitative estimate of drug-likeness (QED) is 0.793. The SMILES string of the molecule is CN1c2ccccc2-c2ccccc2C(N)C1C=O. The van der Waals surface area contributed by atoms with Crippen molar-refractivity contribution in [1.82, 2.24) is 0 Å². The molecule has 0 aliphatic carbocycles. The highest BCUT2D eigenvalue weighted by molar-refractivity contribution is 5.85. The number of hydrogen-bond donors (Lipinski definition) is 1. The Balaban J connectivity index is 2.33. The van der Waals surface area contributed by atoms with Gasteiger partial charge in [0.2, 0.25) is 0 Å². The molecule has 19 heavy (non-hydrogen) atoms. The smallest absolute Gasteiger partial charge is 0.144 e. The molecule has 3 rings (SSSR count). The molecule has 2 unspecified atom stereocenters. The first-order chi connectivity index (χ1) is 9.24. The van der Waals surface area contributed by atoms with Gasteiger partial charge in [0.05, 0.1) is 6.04 Å².